The molecule has 2 aromatic rings. The summed E-state index contributed by atoms with van der Waals surface area (Å²) in [7, 11) is 0. The molecule has 1 atom stereocenters. The Morgan fingerprint density at radius 2 is 1.47 bits per heavy atom. The Kier molecular flexibility index (Phi) is 4.20. The molecule has 0 fully saturated rings. The van der Waals surface area contributed by atoms with Crippen molar-refractivity contribution in [1.29, 1.82) is 0 Å². The molecule has 0 spiro atoms. The van der Waals surface area contributed by atoms with Gasteiger partial charge >= 0.3 is 0 Å². The molecule has 88 valence electrons. The van der Waals surface area contributed by atoms with Crippen molar-refractivity contribution in [2.45, 2.75) is 25.8 Å². The second kappa shape index (κ2) is 6.09. The van der Waals surface area contributed by atoms with Crippen LogP contribution in [-0.2, 0) is 0 Å². The van der Waals surface area contributed by atoms with E-state index in [1.54, 1.807) is 0 Å². The molecule has 0 aliphatic heterocycles. The van der Waals surface area contributed by atoms with Crippen molar-refractivity contribution in [2.24, 2.45) is 0 Å². The highest BCUT2D eigenvalue weighted by Crippen LogP contribution is 2.23. The Bertz CT molecular complexity index is 422. The number of para-hydroxylation sites is 1. The lowest BCUT2D eigenvalue weighted by atomic mass is 10.0. The molecule has 1 heteroatoms. The number of anilines is 1. The van der Waals surface area contributed by atoms with E-state index in [1.165, 1.54) is 17.7 Å². The summed E-state index contributed by atoms with van der Waals surface area (Å²) < 4.78 is 0. The molecule has 2 aromatic carbocycles. The Labute approximate surface area is 103 Å². The van der Waals surface area contributed by atoms with Gasteiger partial charge in [-0.15, -0.1) is 0 Å². The van der Waals surface area contributed by atoms with Crippen molar-refractivity contribution >= 4 is 5.69 Å². The van der Waals surface area contributed by atoms with Crippen molar-refractivity contribution in [3.8, 4) is 0 Å². The van der Waals surface area contributed by atoms with Crippen molar-refractivity contribution in [1.82, 2.24) is 0 Å². The number of hydrogen-bond donors (Lipinski definition) is 1. The van der Waals surface area contributed by atoms with Gasteiger partial charge in [0.25, 0.3) is 0 Å². The quantitative estimate of drug-likeness (QED) is 0.781. The summed E-state index contributed by atoms with van der Waals surface area (Å²) in [5, 5.41) is 3.60. The van der Waals surface area contributed by atoms with Gasteiger partial charge in [0, 0.05) is 5.69 Å². The fraction of sp³-hybridized carbons (Fsp3) is 0.250. The molecule has 0 aromatic heterocycles. The Morgan fingerprint density at radius 3 is 2.06 bits per heavy atom. The third-order valence-electron chi connectivity index (χ3n) is 2.89. The Hall–Kier alpha value is -1.76. The minimum atomic E-state index is 0.406. The lowest BCUT2D eigenvalue weighted by molar-refractivity contribution is 0.677. The van der Waals surface area contributed by atoms with E-state index in [-0.39, 0.29) is 0 Å². The maximum absolute atomic E-state index is 3.60. The molecule has 17 heavy (non-hydrogen) atoms. The van der Waals surface area contributed by atoms with E-state index in [9.17, 15) is 0 Å². The minimum absolute atomic E-state index is 0.406. The van der Waals surface area contributed by atoms with Gasteiger partial charge in [-0.3, -0.25) is 0 Å². The third kappa shape index (κ3) is 3.35. The van der Waals surface area contributed by atoms with E-state index in [0.717, 1.165) is 6.42 Å². The summed E-state index contributed by atoms with van der Waals surface area (Å²) in [4.78, 5) is 0. The second-order valence-electron chi connectivity index (χ2n) is 4.26. The molecule has 0 aliphatic rings. The molecule has 0 saturated carbocycles. The molecular formula is C16H19N. The maximum atomic E-state index is 3.60. The number of rotatable bonds is 5. The highest BCUT2D eigenvalue weighted by molar-refractivity contribution is 5.45. The van der Waals surface area contributed by atoms with Crippen LogP contribution < -0.4 is 5.32 Å². The minimum Gasteiger partial charge on any atom is -0.378 e. The fourth-order valence-corrected chi connectivity index (χ4v) is 2.03. The van der Waals surface area contributed by atoms with Gasteiger partial charge in [-0.1, -0.05) is 61.9 Å². The van der Waals surface area contributed by atoms with Crippen LogP contribution in [0.2, 0.25) is 0 Å². The molecule has 0 bridgehead atoms. The molecule has 2 rings (SSSR count). The summed E-state index contributed by atoms with van der Waals surface area (Å²) in [5.41, 5.74) is 2.55. The number of benzene rings is 2. The highest BCUT2D eigenvalue weighted by atomic mass is 14.9. The van der Waals surface area contributed by atoms with E-state index in [0.29, 0.717) is 6.04 Å². The largest absolute Gasteiger partial charge is 0.378 e. The van der Waals surface area contributed by atoms with Crippen molar-refractivity contribution in [2.75, 3.05) is 5.32 Å². The van der Waals surface area contributed by atoms with Crippen LogP contribution in [0.1, 0.15) is 31.4 Å². The molecule has 1 N–H and O–H groups in total. The van der Waals surface area contributed by atoms with Crippen LogP contribution >= 0.6 is 0 Å². The molecule has 0 unspecified atom stereocenters. The molecule has 1 nitrogen and oxygen atoms in total. The van der Waals surface area contributed by atoms with Gasteiger partial charge in [0.2, 0.25) is 0 Å². The molecule has 0 aliphatic carbocycles. The summed E-state index contributed by atoms with van der Waals surface area (Å²) in [5.74, 6) is 0. The average molecular weight is 225 g/mol. The lowest BCUT2D eigenvalue weighted by Crippen LogP contribution is -2.10. The van der Waals surface area contributed by atoms with Crippen molar-refractivity contribution < 1.29 is 0 Å². The standard InChI is InChI=1S/C16H19N/c1-2-9-16(14-10-5-3-6-11-14)17-15-12-7-4-8-13-15/h3-8,10-13,16-17H,2,9H2,1H3/t16-/m1/s1. The first-order chi connectivity index (χ1) is 8.40. The third-order valence-corrected chi connectivity index (χ3v) is 2.89. The topological polar surface area (TPSA) is 12.0 Å². The van der Waals surface area contributed by atoms with Crippen LogP contribution in [0.15, 0.2) is 60.7 Å². The molecule has 0 amide bonds. The molecular weight excluding hydrogens is 206 g/mol. The maximum Gasteiger partial charge on any atom is 0.0513 e. The first kappa shape index (κ1) is 11.7. The molecule has 0 radical (unpaired) electrons. The summed E-state index contributed by atoms with van der Waals surface area (Å²) in [6, 6.07) is 21.5. The Morgan fingerprint density at radius 1 is 0.882 bits per heavy atom. The second-order valence-corrected chi connectivity index (χ2v) is 4.26. The van der Waals surface area contributed by atoms with Gasteiger partial charge in [-0.25, -0.2) is 0 Å². The first-order valence-corrected chi connectivity index (χ1v) is 6.26. The molecule has 0 saturated heterocycles. The van der Waals surface area contributed by atoms with Crippen LogP contribution in [0.5, 0.6) is 0 Å². The van der Waals surface area contributed by atoms with Gasteiger partial charge in [0.15, 0.2) is 0 Å². The van der Waals surface area contributed by atoms with Crippen molar-refractivity contribution in [3.05, 3.63) is 66.2 Å². The van der Waals surface area contributed by atoms with Gasteiger partial charge in [0.05, 0.1) is 6.04 Å². The Balaban J connectivity index is 2.13. The predicted octanol–water partition coefficient (Wildman–Crippen LogP) is 4.64. The SMILES string of the molecule is CCC[C@@H](Nc1ccccc1)c1ccccc1. The average Bonchev–Trinajstić information content (AvgIpc) is 2.40. The zero-order valence-electron chi connectivity index (χ0n) is 10.3. The monoisotopic (exact) mass is 225 g/mol. The zero-order chi connectivity index (χ0) is 11.9. The predicted molar refractivity (Wildman–Crippen MR) is 74.2 cm³/mol. The summed E-state index contributed by atoms with van der Waals surface area (Å²) >= 11 is 0. The van der Waals surface area contributed by atoms with Crippen molar-refractivity contribution in [3.63, 3.8) is 0 Å². The van der Waals surface area contributed by atoms with Crippen LogP contribution in [0.25, 0.3) is 0 Å². The fourth-order valence-electron chi connectivity index (χ4n) is 2.03. The van der Waals surface area contributed by atoms with E-state index in [4.69, 9.17) is 0 Å². The number of nitrogens with one attached hydrogen (secondary N) is 1. The first-order valence-electron chi connectivity index (χ1n) is 6.26. The lowest BCUT2D eigenvalue weighted by Gasteiger charge is -2.19. The van der Waals surface area contributed by atoms with Crippen LogP contribution in [0.3, 0.4) is 0 Å². The summed E-state index contributed by atoms with van der Waals surface area (Å²) in [6.07, 6.45) is 2.33. The number of hydrogen-bond acceptors (Lipinski definition) is 1. The van der Waals surface area contributed by atoms with Gasteiger partial charge in [0.1, 0.15) is 0 Å². The van der Waals surface area contributed by atoms with Crippen LogP contribution in [-0.4, -0.2) is 0 Å². The van der Waals surface area contributed by atoms with E-state index >= 15 is 0 Å². The van der Waals surface area contributed by atoms with E-state index < -0.39 is 0 Å². The smallest absolute Gasteiger partial charge is 0.0513 e. The van der Waals surface area contributed by atoms with Crippen LogP contribution in [0, 0.1) is 0 Å². The van der Waals surface area contributed by atoms with E-state index in [1.807, 2.05) is 6.07 Å². The van der Waals surface area contributed by atoms with Crippen LogP contribution in [0.4, 0.5) is 5.69 Å². The molecule has 0 heterocycles. The van der Waals surface area contributed by atoms with Gasteiger partial charge < -0.3 is 5.32 Å². The highest BCUT2D eigenvalue weighted by Gasteiger charge is 2.09. The van der Waals surface area contributed by atoms with E-state index in [2.05, 4.69) is 66.8 Å². The van der Waals surface area contributed by atoms with Gasteiger partial charge in [-0.05, 0) is 24.1 Å². The zero-order valence-corrected chi connectivity index (χ0v) is 10.3. The van der Waals surface area contributed by atoms with Gasteiger partial charge in [-0.2, -0.15) is 0 Å². The normalized spacial score (nSPS) is 12.1. The summed E-state index contributed by atoms with van der Waals surface area (Å²) in [6.45, 7) is 2.22.